The predicted molar refractivity (Wildman–Crippen MR) is 66.7 cm³/mol. The monoisotopic (exact) mass is 248 g/mol. The molecule has 1 saturated heterocycles. The molecule has 0 spiro atoms. The summed E-state index contributed by atoms with van der Waals surface area (Å²) in [4.78, 5) is 23.9. The quantitative estimate of drug-likeness (QED) is 0.618. The maximum atomic E-state index is 12.2. The number of hydrogen-bond acceptors (Lipinski definition) is 3. The smallest absolute Gasteiger partial charge is 0.309 e. The Balaban J connectivity index is 1.97. The number of carbonyl (C=O) groups is 2. The number of ether oxygens (including phenoxy) is 1. The van der Waals surface area contributed by atoms with Gasteiger partial charge >= 0.3 is 5.97 Å². The zero-order valence-electron chi connectivity index (χ0n) is 11.2. The number of esters is 1. The molecule has 0 N–H and O–H groups in total. The predicted octanol–water partition coefficient (Wildman–Crippen LogP) is 2.36. The third-order valence-electron chi connectivity index (χ3n) is 5.39. The largest absolute Gasteiger partial charge is 0.462 e. The van der Waals surface area contributed by atoms with Crippen molar-refractivity contribution in [2.75, 3.05) is 0 Å². The summed E-state index contributed by atoms with van der Waals surface area (Å²) in [6.07, 6.45) is 5.50. The number of fused-ring (bicyclic) bond motifs is 2. The molecule has 3 rings (SSSR count). The minimum absolute atomic E-state index is 0.0196. The first kappa shape index (κ1) is 11.9. The van der Waals surface area contributed by atoms with Crippen molar-refractivity contribution in [3.63, 3.8) is 0 Å². The second-order valence-electron chi connectivity index (χ2n) is 6.51. The van der Waals surface area contributed by atoms with Crippen molar-refractivity contribution < 1.29 is 14.3 Å². The molecule has 0 aromatic carbocycles. The van der Waals surface area contributed by atoms with E-state index in [0.29, 0.717) is 11.8 Å². The summed E-state index contributed by atoms with van der Waals surface area (Å²) < 4.78 is 5.50. The summed E-state index contributed by atoms with van der Waals surface area (Å²) in [5.41, 5.74) is -0.318. The number of carbonyl (C=O) groups excluding carboxylic acids is 2. The second kappa shape index (κ2) is 3.69. The van der Waals surface area contributed by atoms with Crippen LogP contribution >= 0.6 is 0 Å². The van der Waals surface area contributed by atoms with Gasteiger partial charge in [-0.25, -0.2) is 0 Å². The Bertz CT molecular complexity index is 439. The van der Waals surface area contributed by atoms with E-state index < -0.39 is 0 Å². The van der Waals surface area contributed by atoms with Crippen LogP contribution in [0.15, 0.2) is 12.2 Å². The molecule has 3 aliphatic rings. The highest BCUT2D eigenvalue weighted by Gasteiger charge is 2.54. The van der Waals surface area contributed by atoms with Gasteiger partial charge in [0.15, 0.2) is 5.78 Å². The van der Waals surface area contributed by atoms with Gasteiger partial charge < -0.3 is 4.74 Å². The third kappa shape index (κ3) is 1.42. The van der Waals surface area contributed by atoms with E-state index in [1.807, 2.05) is 6.92 Å². The highest BCUT2D eigenvalue weighted by Crippen LogP contribution is 2.53. The molecular weight excluding hydrogens is 228 g/mol. The molecule has 0 bridgehead atoms. The number of ketones is 1. The summed E-state index contributed by atoms with van der Waals surface area (Å²) >= 11 is 0. The fourth-order valence-electron chi connectivity index (χ4n) is 4.19. The lowest BCUT2D eigenvalue weighted by Gasteiger charge is -2.32. The van der Waals surface area contributed by atoms with Gasteiger partial charge in [-0.2, -0.15) is 0 Å². The van der Waals surface area contributed by atoms with Crippen molar-refractivity contribution in [1.82, 2.24) is 0 Å². The molecule has 0 amide bonds. The fraction of sp³-hybridized carbons (Fsp3) is 0.733. The minimum atomic E-state index is -0.318. The molecule has 6 atom stereocenters. The van der Waals surface area contributed by atoms with Crippen LogP contribution in [0.3, 0.4) is 0 Å². The lowest BCUT2D eigenvalue weighted by Crippen LogP contribution is -2.34. The van der Waals surface area contributed by atoms with Crippen LogP contribution in [-0.4, -0.2) is 17.9 Å². The highest BCUT2D eigenvalue weighted by molar-refractivity contribution is 5.97. The molecule has 3 heteroatoms. The van der Waals surface area contributed by atoms with Crippen molar-refractivity contribution in [2.24, 2.45) is 29.1 Å². The molecule has 1 aliphatic heterocycles. The maximum Gasteiger partial charge on any atom is 0.309 e. The van der Waals surface area contributed by atoms with E-state index in [0.717, 1.165) is 12.8 Å². The normalized spacial score (nSPS) is 50.7. The van der Waals surface area contributed by atoms with Gasteiger partial charge in [0.1, 0.15) is 6.10 Å². The first-order valence-electron chi connectivity index (χ1n) is 6.86. The van der Waals surface area contributed by atoms with Crippen LogP contribution in [0.25, 0.3) is 0 Å². The summed E-state index contributed by atoms with van der Waals surface area (Å²) in [6.45, 7) is 6.17. The van der Waals surface area contributed by atoms with Crippen LogP contribution in [-0.2, 0) is 14.3 Å². The molecule has 2 fully saturated rings. The maximum absolute atomic E-state index is 12.2. The lowest BCUT2D eigenvalue weighted by atomic mass is 9.69. The second-order valence-corrected chi connectivity index (χ2v) is 6.51. The van der Waals surface area contributed by atoms with Gasteiger partial charge in [0.05, 0.1) is 5.92 Å². The van der Waals surface area contributed by atoms with Gasteiger partial charge in [-0.1, -0.05) is 26.8 Å². The van der Waals surface area contributed by atoms with Gasteiger partial charge in [-0.3, -0.25) is 9.59 Å². The van der Waals surface area contributed by atoms with Crippen LogP contribution in [0, 0.1) is 29.1 Å². The van der Waals surface area contributed by atoms with E-state index >= 15 is 0 Å². The van der Waals surface area contributed by atoms with Crippen molar-refractivity contribution in [1.29, 1.82) is 0 Å². The molecule has 0 radical (unpaired) electrons. The van der Waals surface area contributed by atoms with E-state index in [4.69, 9.17) is 4.74 Å². The van der Waals surface area contributed by atoms with Crippen LogP contribution in [0.1, 0.15) is 33.6 Å². The molecule has 0 aromatic rings. The van der Waals surface area contributed by atoms with E-state index in [1.165, 1.54) is 0 Å². The minimum Gasteiger partial charge on any atom is -0.462 e. The topological polar surface area (TPSA) is 43.4 Å². The first-order chi connectivity index (χ1) is 8.43. The molecule has 3 nitrogen and oxygen atoms in total. The molecule has 98 valence electrons. The Morgan fingerprint density at radius 1 is 1.33 bits per heavy atom. The summed E-state index contributed by atoms with van der Waals surface area (Å²) in [7, 11) is 0. The third-order valence-corrected chi connectivity index (χ3v) is 5.39. The fourth-order valence-corrected chi connectivity index (χ4v) is 4.19. The number of allylic oxidation sites excluding steroid dienone is 2. The van der Waals surface area contributed by atoms with Crippen molar-refractivity contribution in [3.8, 4) is 0 Å². The van der Waals surface area contributed by atoms with Crippen LogP contribution in [0.4, 0.5) is 0 Å². The van der Waals surface area contributed by atoms with Gasteiger partial charge in [0.25, 0.3) is 0 Å². The SMILES string of the molecule is C[C@@H]1C(=O)O[C@@H]2C[C@H](C)[C@@H]3C=CC(=O)[C@@]3(C)C[C@H]12. The standard InChI is InChI=1S/C15H20O3/c1-8-6-12-10(9(2)14(17)18-12)7-15(3)11(8)4-5-13(15)16/h4-5,8-12H,6-7H2,1-3H3/t8-,9-,10+,11-,12+,15-/m0/s1. The number of hydrogen-bond donors (Lipinski definition) is 0. The molecule has 0 aromatic heterocycles. The molecule has 0 unspecified atom stereocenters. The van der Waals surface area contributed by atoms with E-state index in [1.54, 1.807) is 6.08 Å². The van der Waals surface area contributed by atoms with E-state index in [2.05, 4.69) is 19.9 Å². The summed E-state index contributed by atoms with van der Waals surface area (Å²) in [5, 5.41) is 0. The zero-order chi connectivity index (χ0) is 13.1. The summed E-state index contributed by atoms with van der Waals surface area (Å²) in [6, 6.07) is 0. The van der Waals surface area contributed by atoms with Gasteiger partial charge in [0.2, 0.25) is 0 Å². The average molecular weight is 248 g/mol. The Kier molecular flexibility index (Phi) is 2.45. The molecule has 18 heavy (non-hydrogen) atoms. The molecular formula is C15H20O3. The lowest BCUT2D eigenvalue weighted by molar-refractivity contribution is -0.144. The number of rotatable bonds is 0. The Morgan fingerprint density at radius 3 is 2.78 bits per heavy atom. The van der Waals surface area contributed by atoms with Crippen LogP contribution < -0.4 is 0 Å². The molecule has 2 aliphatic carbocycles. The van der Waals surface area contributed by atoms with Gasteiger partial charge in [-0.05, 0) is 30.8 Å². The molecule has 1 saturated carbocycles. The zero-order valence-corrected chi connectivity index (χ0v) is 11.2. The van der Waals surface area contributed by atoms with E-state index in [9.17, 15) is 9.59 Å². The van der Waals surface area contributed by atoms with Crippen molar-refractivity contribution in [2.45, 2.75) is 39.7 Å². The van der Waals surface area contributed by atoms with Crippen molar-refractivity contribution >= 4 is 11.8 Å². The van der Waals surface area contributed by atoms with Gasteiger partial charge in [-0.15, -0.1) is 0 Å². The summed E-state index contributed by atoms with van der Waals surface area (Å²) in [5.74, 6) is 0.987. The average Bonchev–Trinajstić information content (AvgIpc) is 2.69. The Labute approximate surface area is 108 Å². The Hall–Kier alpha value is -1.12. The van der Waals surface area contributed by atoms with E-state index in [-0.39, 0.29) is 35.1 Å². The van der Waals surface area contributed by atoms with Crippen LogP contribution in [0.5, 0.6) is 0 Å². The molecule has 1 heterocycles. The van der Waals surface area contributed by atoms with Gasteiger partial charge in [0, 0.05) is 11.3 Å². The van der Waals surface area contributed by atoms with Crippen molar-refractivity contribution in [3.05, 3.63) is 12.2 Å². The Morgan fingerprint density at radius 2 is 2.06 bits per heavy atom. The highest BCUT2D eigenvalue weighted by atomic mass is 16.6. The first-order valence-corrected chi connectivity index (χ1v) is 6.86. The van der Waals surface area contributed by atoms with Crippen LogP contribution in [0.2, 0.25) is 0 Å².